The minimum Gasteiger partial charge on any atom is -0.387 e. The zero-order valence-electron chi connectivity index (χ0n) is 7.88. The standard InChI is InChI=1S/C9H11N3O.2ClH/c10-4-9(13)6-1-2-7-8(3-6)12-5-11-7;;/h1-3,5,9,13H,4,10H2,(H,11,12);2*1H/t9-;;/m0../s1. The summed E-state index contributed by atoms with van der Waals surface area (Å²) in [5.41, 5.74) is 7.97. The van der Waals surface area contributed by atoms with E-state index in [1.54, 1.807) is 6.33 Å². The van der Waals surface area contributed by atoms with E-state index in [9.17, 15) is 5.11 Å². The third-order valence-corrected chi connectivity index (χ3v) is 2.05. The number of imidazole rings is 1. The lowest BCUT2D eigenvalue weighted by Gasteiger charge is -2.06. The van der Waals surface area contributed by atoms with Gasteiger partial charge in [0.2, 0.25) is 0 Å². The number of aromatic nitrogens is 2. The van der Waals surface area contributed by atoms with E-state index in [4.69, 9.17) is 5.73 Å². The Balaban J connectivity index is 0.000000980. The highest BCUT2D eigenvalue weighted by Gasteiger charge is 2.05. The molecule has 4 nitrogen and oxygen atoms in total. The number of aliphatic hydroxyl groups is 1. The number of rotatable bonds is 2. The van der Waals surface area contributed by atoms with E-state index in [0.29, 0.717) is 0 Å². The number of aromatic amines is 1. The summed E-state index contributed by atoms with van der Waals surface area (Å²) < 4.78 is 0. The van der Waals surface area contributed by atoms with Gasteiger partial charge in [0.25, 0.3) is 0 Å². The van der Waals surface area contributed by atoms with Gasteiger partial charge in [-0.25, -0.2) is 4.98 Å². The minimum atomic E-state index is -0.596. The molecule has 1 aromatic heterocycles. The van der Waals surface area contributed by atoms with Gasteiger partial charge in [0.05, 0.1) is 23.5 Å². The highest BCUT2D eigenvalue weighted by atomic mass is 35.5. The quantitative estimate of drug-likeness (QED) is 0.754. The molecule has 84 valence electrons. The molecule has 0 radical (unpaired) electrons. The number of fused-ring (bicyclic) bond motifs is 1. The van der Waals surface area contributed by atoms with Crippen LogP contribution in [0.25, 0.3) is 11.0 Å². The second-order valence-corrected chi connectivity index (χ2v) is 2.93. The molecule has 2 rings (SSSR count). The Morgan fingerprint density at radius 3 is 2.80 bits per heavy atom. The molecule has 1 aromatic carbocycles. The fourth-order valence-electron chi connectivity index (χ4n) is 1.29. The van der Waals surface area contributed by atoms with Crippen LogP contribution in [0.4, 0.5) is 0 Å². The zero-order chi connectivity index (χ0) is 9.26. The Bertz CT molecular complexity index is 418. The van der Waals surface area contributed by atoms with Gasteiger partial charge in [-0.15, -0.1) is 24.8 Å². The largest absolute Gasteiger partial charge is 0.387 e. The lowest BCUT2D eigenvalue weighted by molar-refractivity contribution is 0.187. The lowest BCUT2D eigenvalue weighted by atomic mass is 10.1. The van der Waals surface area contributed by atoms with Crippen LogP contribution in [0.3, 0.4) is 0 Å². The smallest absolute Gasteiger partial charge is 0.0931 e. The van der Waals surface area contributed by atoms with E-state index in [0.717, 1.165) is 16.6 Å². The number of nitrogens with one attached hydrogen (secondary N) is 1. The van der Waals surface area contributed by atoms with Crippen LogP contribution in [0, 0.1) is 0 Å². The molecule has 0 unspecified atom stereocenters. The Morgan fingerprint density at radius 1 is 1.40 bits per heavy atom. The number of H-pyrrole nitrogens is 1. The van der Waals surface area contributed by atoms with Crippen molar-refractivity contribution in [1.82, 2.24) is 9.97 Å². The number of nitrogens with two attached hydrogens (primary N) is 1. The summed E-state index contributed by atoms with van der Waals surface area (Å²) in [6, 6.07) is 5.57. The van der Waals surface area contributed by atoms with Crippen molar-refractivity contribution < 1.29 is 5.11 Å². The lowest BCUT2D eigenvalue weighted by Crippen LogP contribution is -2.11. The summed E-state index contributed by atoms with van der Waals surface area (Å²) >= 11 is 0. The Kier molecular flexibility index (Phi) is 5.60. The van der Waals surface area contributed by atoms with Crippen molar-refractivity contribution in [1.29, 1.82) is 0 Å². The Morgan fingerprint density at radius 2 is 2.13 bits per heavy atom. The number of halogens is 2. The van der Waals surface area contributed by atoms with Gasteiger partial charge in [-0.3, -0.25) is 0 Å². The predicted octanol–water partition coefficient (Wildman–Crippen LogP) is 1.40. The molecule has 0 aliphatic heterocycles. The molecule has 6 heteroatoms. The summed E-state index contributed by atoms with van der Waals surface area (Å²) in [5.74, 6) is 0. The van der Waals surface area contributed by atoms with Crippen molar-refractivity contribution in [2.75, 3.05) is 6.54 Å². The maximum atomic E-state index is 9.46. The molecule has 15 heavy (non-hydrogen) atoms. The van der Waals surface area contributed by atoms with Crippen LogP contribution in [0.2, 0.25) is 0 Å². The first kappa shape index (κ1) is 14.2. The second-order valence-electron chi connectivity index (χ2n) is 2.93. The first-order chi connectivity index (χ1) is 6.31. The van der Waals surface area contributed by atoms with Crippen LogP contribution in [-0.2, 0) is 0 Å². The summed E-state index contributed by atoms with van der Waals surface area (Å²) in [7, 11) is 0. The van der Waals surface area contributed by atoms with Gasteiger partial charge in [0.15, 0.2) is 0 Å². The Labute approximate surface area is 99.7 Å². The van der Waals surface area contributed by atoms with Gasteiger partial charge < -0.3 is 15.8 Å². The minimum absolute atomic E-state index is 0. The number of hydrogen-bond donors (Lipinski definition) is 3. The van der Waals surface area contributed by atoms with Gasteiger partial charge in [-0.2, -0.15) is 0 Å². The molecule has 1 heterocycles. The molecule has 0 amide bonds. The second kappa shape index (κ2) is 5.92. The van der Waals surface area contributed by atoms with E-state index >= 15 is 0 Å². The fourth-order valence-corrected chi connectivity index (χ4v) is 1.29. The third kappa shape index (κ3) is 2.82. The first-order valence-corrected chi connectivity index (χ1v) is 4.12. The first-order valence-electron chi connectivity index (χ1n) is 4.12. The predicted molar refractivity (Wildman–Crippen MR) is 64.6 cm³/mol. The zero-order valence-corrected chi connectivity index (χ0v) is 9.52. The highest BCUT2D eigenvalue weighted by Crippen LogP contribution is 2.16. The van der Waals surface area contributed by atoms with E-state index in [-0.39, 0.29) is 31.4 Å². The summed E-state index contributed by atoms with van der Waals surface area (Å²) in [6.07, 6.45) is 1.03. The molecule has 0 fully saturated rings. The molecule has 0 bridgehead atoms. The molecule has 2 aromatic rings. The highest BCUT2D eigenvalue weighted by molar-refractivity contribution is 5.85. The van der Waals surface area contributed by atoms with Gasteiger partial charge in [0.1, 0.15) is 0 Å². The molecular weight excluding hydrogens is 237 g/mol. The summed E-state index contributed by atoms with van der Waals surface area (Å²) in [5, 5.41) is 9.46. The third-order valence-electron chi connectivity index (χ3n) is 2.05. The van der Waals surface area contributed by atoms with Gasteiger partial charge in [0, 0.05) is 6.54 Å². The molecular formula is C9H13Cl2N3O. The average Bonchev–Trinajstić information content (AvgIpc) is 2.63. The number of hydrogen-bond acceptors (Lipinski definition) is 3. The van der Waals surface area contributed by atoms with Crippen molar-refractivity contribution in [3.05, 3.63) is 30.1 Å². The molecule has 0 aliphatic carbocycles. The van der Waals surface area contributed by atoms with Crippen LogP contribution in [0.15, 0.2) is 24.5 Å². The van der Waals surface area contributed by atoms with Crippen LogP contribution in [0.1, 0.15) is 11.7 Å². The van der Waals surface area contributed by atoms with Crippen molar-refractivity contribution >= 4 is 35.8 Å². The number of benzene rings is 1. The van der Waals surface area contributed by atoms with Crippen molar-refractivity contribution in [3.63, 3.8) is 0 Å². The van der Waals surface area contributed by atoms with Gasteiger partial charge in [-0.05, 0) is 17.7 Å². The molecule has 0 saturated carbocycles. The average molecular weight is 250 g/mol. The summed E-state index contributed by atoms with van der Waals surface area (Å²) in [4.78, 5) is 7.07. The Hall–Kier alpha value is -0.810. The monoisotopic (exact) mass is 249 g/mol. The number of aliphatic hydroxyl groups excluding tert-OH is 1. The molecule has 4 N–H and O–H groups in total. The van der Waals surface area contributed by atoms with E-state index in [2.05, 4.69) is 9.97 Å². The molecule has 1 atom stereocenters. The maximum Gasteiger partial charge on any atom is 0.0931 e. The van der Waals surface area contributed by atoms with Crippen molar-refractivity contribution in [2.45, 2.75) is 6.10 Å². The van der Waals surface area contributed by atoms with E-state index in [1.165, 1.54) is 0 Å². The topological polar surface area (TPSA) is 74.9 Å². The molecule has 0 saturated heterocycles. The number of nitrogens with zero attached hydrogens (tertiary/aromatic N) is 1. The SMILES string of the molecule is Cl.Cl.NC[C@H](O)c1ccc2[nH]cnc2c1. The van der Waals surface area contributed by atoms with E-state index in [1.807, 2.05) is 18.2 Å². The normalized spacial score (nSPS) is 11.6. The fraction of sp³-hybridized carbons (Fsp3) is 0.222. The molecule has 0 spiro atoms. The van der Waals surface area contributed by atoms with Gasteiger partial charge >= 0.3 is 0 Å². The molecule has 0 aliphatic rings. The van der Waals surface area contributed by atoms with Crippen LogP contribution in [0.5, 0.6) is 0 Å². The van der Waals surface area contributed by atoms with Crippen LogP contribution >= 0.6 is 24.8 Å². The van der Waals surface area contributed by atoms with Crippen molar-refractivity contribution in [3.8, 4) is 0 Å². The maximum absolute atomic E-state index is 9.46. The van der Waals surface area contributed by atoms with Crippen LogP contribution in [-0.4, -0.2) is 21.6 Å². The van der Waals surface area contributed by atoms with Crippen molar-refractivity contribution in [2.24, 2.45) is 5.73 Å². The van der Waals surface area contributed by atoms with Gasteiger partial charge in [-0.1, -0.05) is 6.07 Å². The van der Waals surface area contributed by atoms with E-state index < -0.39 is 6.10 Å². The van der Waals surface area contributed by atoms with Crippen LogP contribution < -0.4 is 5.73 Å². The summed E-state index contributed by atoms with van der Waals surface area (Å²) in [6.45, 7) is 0.232.